The van der Waals surface area contributed by atoms with E-state index in [1.807, 2.05) is 11.8 Å². The van der Waals surface area contributed by atoms with Crippen LogP contribution in [-0.2, 0) is 6.54 Å². The lowest BCUT2D eigenvalue weighted by molar-refractivity contribution is 0.554. The fourth-order valence-electron chi connectivity index (χ4n) is 1.21. The van der Waals surface area contributed by atoms with Crippen LogP contribution in [0.5, 0.6) is 0 Å². The molecule has 0 aliphatic rings. The SMILES string of the molecule is CSCC(C)CNCc1cnccn1. The zero-order valence-corrected chi connectivity index (χ0v) is 9.55. The topological polar surface area (TPSA) is 37.8 Å². The normalized spacial score (nSPS) is 12.7. The first-order valence-electron chi connectivity index (χ1n) is 4.77. The average molecular weight is 211 g/mol. The van der Waals surface area contributed by atoms with Crippen molar-refractivity contribution >= 4 is 11.8 Å². The van der Waals surface area contributed by atoms with Crippen LogP contribution in [0.15, 0.2) is 18.6 Å². The molecular weight excluding hydrogens is 194 g/mol. The Morgan fingerprint density at radius 2 is 2.36 bits per heavy atom. The number of rotatable bonds is 6. The van der Waals surface area contributed by atoms with Crippen LogP contribution in [0.1, 0.15) is 12.6 Å². The fraction of sp³-hybridized carbons (Fsp3) is 0.600. The summed E-state index contributed by atoms with van der Waals surface area (Å²) >= 11 is 1.89. The molecule has 1 heterocycles. The maximum atomic E-state index is 4.19. The van der Waals surface area contributed by atoms with Crippen LogP contribution in [0.4, 0.5) is 0 Å². The van der Waals surface area contributed by atoms with Gasteiger partial charge in [-0.25, -0.2) is 0 Å². The molecule has 1 unspecified atom stereocenters. The van der Waals surface area contributed by atoms with Gasteiger partial charge in [0.1, 0.15) is 0 Å². The van der Waals surface area contributed by atoms with Crippen LogP contribution < -0.4 is 5.32 Å². The van der Waals surface area contributed by atoms with Crippen molar-refractivity contribution in [1.82, 2.24) is 15.3 Å². The maximum Gasteiger partial charge on any atom is 0.0724 e. The highest BCUT2D eigenvalue weighted by Gasteiger charge is 2.00. The molecule has 4 heteroatoms. The molecule has 3 nitrogen and oxygen atoms in total. The summed E-state index contributed by atoms with van der Waals surface area (Å²) < 4.78 is 0. The maximum absolute atomic E-state index is 4.19. The Hall–Kier alpha value is -0.610. The van der Waals surface area contributed by atoms with E-state index in [4.69, 9.17) is 0 Å². The summed E-state index contributed by atoms with van der Waals surface area (Å²) in [6.07, 6.45) is 7.35. The molecule has 0 saturated heterocycles. The number of thioether (sulfide) groups is 1. The molecule has 0 aromatic carbocycles. The van der Waals surface area contributed by atoms with E-state index < -0.39 is 0 Å². The minimum Gasteiger partial charge on any atom is -0.311 e. The molecule has 0 aliphatic heterocycles. The smallest absolute Gasteiger partial charge is 0.0724 e. The highest BCUT2D eigenvalue weighted by molar-refractivity contribution is 7.98. The quantitative estimate of drug-likeness (QED) is 0.775. The fourth-order valence-corrected chi connectivity index (χ4v) is 1.90. The zero-order valence-electron chi connectivity index (χ0n) is 8.73. The predicted octanol–water partition coefficient (Wildman–Crippen LogP) is 1.57. The van der Waals surface area contributed by atoms with Crippen LogP contribution in [0.3, 0.4) is 0 Å². The summed E-state index contributed by atoms with van der Waals surface area (Å²) in [6.45, 7) is 4.10. The van der Waals surface area contributed by atoms with E-state index in [1.165, 1.54) is 5.75 Å². The largest absolute Gasteiger partial charge is 0.311 e. The van der Waals surface area contributed by atoms with Gasteiger partial charge in [-0.05, 0) is 24.5 Å². The Morgan fingerprint density at radius 1 is 1.50 bits per heavy atom. The minimum atomic E-state index is 0.710. The number of hydrogen-bond donors (Lipinski definition) is 1. The molecule has 1 atom stereocenters. The summed E-state index contributed by atoms with van der Waals surface area (Å²) in [6, 6.07) is 0. The van der Waals surface area contributed by atoms with Crippen LogP contribution in [0.2, 0.25) is 0 Å². The van der Waals surface area contributed by atoms with E-state index >= 15 is 0 Å². The lowest BCUT2D eigenvalue weighted by Crippen LogP contribution is -2.22. The molecule has 0 amide bonds. The first kappa shape index (κ1) is 11.5. The number of nitrogens with one attached hydrogen (secondary N) is 1. The van der Waals surface area contributed by atoms with Crippen LogP contribution >= 0.6 is 11.8 Å². The van der Waals surface area contributed by atoms with Crippen molar-refractivity contribution < 1.29 is 0 Å². The summed E-state index contributed by atoms with van der Waals surface area (Å²) in [5.41, 5.74) is 1.00. The molecule has 14 heavy (non-hydrogen) atoms. The Kier molecular flexibility index (Phi) is 5.56. The summed E-state index contributed by atoms with van der Waals surface area (Å²) in [5.74, 6) is 1.91. The minimum absolute atomic E-state index is 0.710. The second kappa shape index (κ2) is 6.79. The molecule has 0 fully saturated rings. The molecule has 0 spiro atoms. The third-order valence-corrected chi connectivity index (χ3v) is 2.77. The first-order chi connectivity index (χ1) is 6.83. The van der Waals surface area contributed by atoms with Gasteiger partial charge in [-0.15, -0.1) is 0 Å². The van der Waals surface area contributed by atoms with E-state index in [1.54, 1.807) is 18.6 Å². The second-order valence-corrected chi connectivity index (χ2v) is 4.30. The molecule has 0 aliphatic carbocycles. The molecule has 1 rings (SSSR count). The van der Waals surface area contributed by atoms with E-state index in [-0.39, 0.29) is 0 Å². The molecule has 78 valence electrons. The van der Waals surface area contributed by atoms with Crippen molar-refractivity contribution in [2.75, 3.05) is 18.6 Å². The molecule has 0 radical (unpaired) electrons. The number of aromatic nitrogens is 2. The molecule has 1 N–H and O–H groups in total. The summed E-state index contributed by atoms with van der Waals surface area (Å²) in [5, 5.41) is 3.37. The predicted molar refractivity (Wildman–Crippen MR) is 61.3 cm³/mol. The van der Waals surface area contributed by atoms with Crippen molar-refractivity contribution in [2.24, 2.45) is 5.92 Å². The van der Waals surface area contributed by atoms with E-state index in [0.29, 0.717) is 5.92 Å². The van der Waals surface area contributed by atoms with Gasteiger partial charge in [0.25, 0.3) is 0 Å². The van der Waals surface area contributed by atoms with Gasteiger partial charge in [0.2, 0.25) is 0 Å². The summed E-state index contributed by atoms with van der Waals surface area (Å²) in [4.78, 5) is 8.20. The average Bonchev–Trinajstić information content (AvgIpc) is 2.20. The molecule has 1 aromatic heterocycles. The Bertz CT molecular complexity index is 240. The van der Waals surface area contributed by atoms with E-state index in [0.717, 1.165) is 18.8 Å². The summed E-state index contributed by atoms with van der Waals surface area (Å²) in [7, 11) is 0. The van der Waals surface area contributed by atoms with Crippen LogP contribution in [0, 0.1) is 5.92 Å². The third kappa shape index (κ3) is 4.58. The van der Waals surface area contributed by atoms with E-state index in [2.05, 4.69) is 28.5 Å². The highest BCUT2D eigenvalue weighted by Crippen LogP contribution is 2.02. The zero-order chi connectivity index (χ0) is 10.2. The van der Waals surface area contributed by atoms with Crippen molar-refractivity contribution in [3.05, 3.63) is 24.3 Å². The van der Waals surface area contributed by atoms with Crippen LogP contribution in [-0.4, -0.2) is 28.5 Å². The van der Waals surface area contributed by atoms with Crippen molar-refractivity contribution in [2.45, 2.75) is 13.5 Å². The van der Waals surface area contributed by atoms with E-state index in [9.17, 15) is 0 Å². The molecule has 0 bridgehead atoms. The lowest BCUT2D eigenvalue weighted by Gasteiger charge is -2.10. The second-order valence-electron chi connectivity index (χ2n) is 3.39. The molecule has 0 saturated carbocycles. The van der Waals surface area contributed by atoms with Gasteiger partial charge >= 0.3 is 0 Å². The van der Waals surface area contributed by atoms with Gasteiger partial charge in [-0.1, -0.05) is 6.92 Å². The monoisotopic (exact) mass is 211 g/mol. The van der Waals surface area contributed by atoms with Gasteiger partial charge < -0.3 is 5.32 Å². The molecule has 1 aromatic rings. The van der Waals surface area contributed by atoms with Crippen molar-refractivity contribution in [3.63, 3.8) is 0 Å². The van der Waals surface area contributed by atoms with Crippen molar-refractivity contribution in [1.29, 1.82) is 0 Å². The number of nitrogens with zero attached hydrogens (tertiary/aromatic N) is 2. The van der Waals surface area contributed by atoms with Gasteiger partial charge in [0, 0.05) is 25.1 Å². The standard InChI is InChI=1S/C10H17N3S/c1-9(8-14-2)5-12-7-10-6-11-3-4-13-10/h3-4,6,9,12H,5,7-8H2,1-2H3. The Morgan fingerprint density at radius 3 is 3.00 bits per heavy atom. The third-order valence-electron chi connectivity index (χ3n) is 1.87. The Balaban J connectivity index is 2.16. The van der Waals surface area contributed by atoms with Gasteiger partial charge in [-0.2, -0.15) is 11.8 Å². The van der Waals surface area contributed by atoms with Crippen molar-refractivity contribution in [3.8, 4) is 0 Å². The first-order valence-corrected chi connectivity index (χ1v) is 6.17. The van der Waals surface area contributed by atoms with Crippen LogP contribution in [0.25, 0.3) is 0 Å². The highest BCUT2D eigenvalue weighted by atomic mass is 32.2. The Labute approximate surface area is 89.7 Å². The van der Waals surface area contributed by atoms with Gasteiger partial charge in [0.15, 0.2) is 0 Å². The van der Waals surface area contributed by atoms with Gasteiger partial charge in [0.05, 0.1) is 5.69 Å². The number of hydrogen-bond acceptors (Lipinski definition) is 4. The molecular formula is C10H17N3S. The van der Waals surface area contributed by atoms with Gasteiger partial charge in [-0.3, -0.25) is 9.97 Å². The lowest BCUT2D eigenvalue weighted by atomic mass is 10.2.